The Kier molecular flexibility index (Phi) is 5.99. The topological polar surface area (TPSA) is 29.5 Å². The van der Waals surface area contributed by atoms with Crippen LogP contribution in [0.2, 0.25) is 5.02 Å². The van der Waals surface area contributed by atoms with Gasteiger partial charge in [0, 0.05) is 23.5 Å². The molecule has 1 aliphatic rings. The van der Waals surface area contributed by atoms with Crippen LogP contribution in [0, 0.1) is 0 Å². The van der Waals surface area contributed by atoms with Gasteiger partial charge in [-0.15, -0.1) is 11.6 Å². The van der Waals surface area contributed by atoms with Crippen LogP contribution in [0.5, 0.6) is 5.75 Å². The molecule has 1 saturated carbocycles. The SMILES string of the molecule is O=C(COc1cccc(Cl)c1)N(CCCCl)C1CCC1. The molecule has 1 amide bonds. The normalized spacial score (nSPS) is 14.7. The van der Waals surface area contributed by atoms with E-state index in [4.69, 9.17) is 27.9 Å². The first-order valence-electron chi connectivity index (χ1n) is 6.94. The zero-order valence-corrected chi connectivity index (χ0v) is 12.9. The Hall–Kier alpha value is -0.930. The predicted octanol–water partition coefficient (Wildman–Crippen LogP) is 3.73. The Bertz CT molecular complexity index is 449. The van der Waals surface area contributed by atoms with Gasteiger partial charge in [0.25, 0.3) is 5.91 Å². The molecule has 1 fully saturated rings. The fourth-order valence-corrected chi connectivity index (χ4v) is 2.52. The summed E-state index contributed by atoms with van der Waals surface area (Å²) in [6.45, 7) is 0.769. The van der Waals surface area contributed by atoms with Gasteiger partial charge >= 0.3 is 0 Å². The molecule has 3 nitrogen and oxygen atoms in total. The quantitative estimate of drug-likeness (QED) is 0.717. The third kappa shape index (κ3) is 4.29. The summed E-state index contributed by atoms with van der Waals surface area (Å²) in [5.74, 6) is 1.22. The number of halogens is 2. The summed E-state index contributed by atoms with van der Waals surface area (Å²) in [6, 6.07) is 7.46. The lowest BCUT2D eigenvalue weighted by Gasteiger charge is -2.37. The van der Waals surface area contributed by atoms with E-state index in [-0.39, 0.29) is 12.5 Å². The van der Waals surface area contributed by atoms with Crippen molar-refractivity contribution >= 4 is 29.1 Å². The molecule has 0 radical (unpaired) electrons. The lowest BCUT2D eigenvalue weighted by Crippen LogP contribution is -2.46. The van der Waals surface area contributed by atoms with Gasteiger partial charge in [0.2, 0.25) is 0 Å². The van der Waals surface area contributed by atoms with E-state index in [0.717, 1.165) is 19.3 Å². The van der Waals surface area contributed by atoms with Crippen molar-refractivity contribution in [2.24, 2.45) is 0 Å². The molecule has 0 spiro atoms. The van der Waals surface area contributed by atoms with Crippen LogP contribution in [0.3, 0.4) is 0 Å². The van der Waals surface area contributed by atoms with Crippen molar-refractivity contribution in [3.8, 4) is 5.75 Å². The second-order valence-electron chi connectivity index (χ2n) is 4.96. The second kappa shape index (κ2) is 7.75. The minimum Gasteiger partial charge on any atom is -0.484 e. The molecule has 0 aromatic heterocycles. The Labute approximate surface area is 129 Å². The zero-order chi connectivity index (χ0) is 14.4. The standard InChI is InChI=1S/C15H19Cl2NO2/c16-8-3-9-18(13-5-2-6-13)15(19)11-20-14-7-1-4-12(17)10-14/h1,4,7,10,13H,2-3,5-6,8-9,11H2. The molecule has 0 unspecified atom stereocenters. The molecule has 0 aliphatic heterocycles. The number of hydrogen-bond donors (Lipinski definition) is 0. The van der Waals surface area contributed by atoms with Gasteiger partial charge in [-0.05, 0) is 43.9 Å². The summed E-state index contributed by atoms with van der Waals surface area (Å²) in [5, 5.41) is 0.605. The minimum absolute atomic E-state index is 0.0276. The smallest absolute Gasteiger partial charge is 0.260 e. The van der Waals surface area contributed by atoms with Gasteiger partial charge in [0.15, 0.2) is 6.61 Å². The fourth-order valence-electron chi connectivity index (χ4n) is 2.22. The van der Waals surface area contributed by atoms with E-state index in [1.807, 2.05) is 4.90 Å². The molecule has 0 bridgehead atoms. The Balaban J connectivity index is 1.87. The molecule has 0 heterocycles. The van der Waals surface area contributed by atoms with Gasteiger partial charge in [-0.2, -0.15) is 0 Å². The Morgan fingerprint density at radius 1 is 1.40 bits per heavy atom. The number of ether oxygens (including phenoxy) is 1. The van der Waals surface area contributed by atoms with Gasteiger partial charge in [0.05, 0.1) is 0 Å². The lowest BCUT2D eigenvalue weighted by molar-refractivity contribution is -0.137. The molecule has 1 aliphatic carbocycles. The number of hydrogen-bond acceptors (Lipinski definition) is 2. The molecule has 0 N–H and O–H groups in total. The number of amides is 1. The average molecular weight is 316 g/mol. The average Bonchev–Trinajstić information content (AvgIpc) is 2.38. The first-order chi connectivity index (χ1) is 9.70. The highest BCUT2D eigenvalue weighted by Crippen LogP contribution is 2.25. The van der Waals surface area contributed by atoms with E-state index in [9.17, 15) is 4.79 Å². The maximum Gasteiger partial charge on any atom is 0.260 e. The highest BCUT2D eigenvalue weighted by molar-refractivity contribution is 6.30. The van der Waals surface area contributed by atoms with Crippen molar-refractivity contribution in [1.29, 1.82) is 0 Å². The molecule has 1 aromatic rings. The molecule has 110 valence electrons. The van der Waals surface area contributed by atoms with Gasteiger partial charge in [-0.3, -0.25) is 4.79 Å². The maximum absolute atomic E-state index is 12.3. The highest BCUT2D eigenvalue weighted by atomic mass is 35.5. The Morgan fingerprint density at radius 3 is 2.80 bits per heavy atom. The molecule has 0 atom stereocenters. The van der Waals surface area contributed by atoms with Crippen LogP contribution in [0.4, 0.5) is 0 Å². The fraction of sp³-hybridized carbons (Fsp3) is 0.533. The number of carbonyl (C=O) groups excluding carboxylic acids is 1. The van der Waals surface area contributed by atoms with Crippen LogP contribution in [0.1, 0.15) is 25.7 Å². The van der Waals surface area contributed by atoms with Crippen molar-refractivity contribution < 1.29 is 9.53 Å². The molecular weight excluding hydrogens is 297 g/mol. The van der Waals surface area contributed by atoms with Gasteiger partial charge in [0.1, 0.15) is 5.75 Å². The third-order valence-corrected chi connectivity index (χ3v) is 4.03. The molecule has 2 rings (SSSR count). The Morgan fingerprint density at radius 2 is 2.20 bits per heavy atom. The van der Waals surface area contributed by atoms with E-state index in [1.165, 1.54) is 6.42 Å². The monoisotopic (exact) mass is 315 g/mol. The zero-order valence-electron chi connectivity index (χ0n) is 11.4. The number of nitrogens with zero attached hydrogens (tertiary/aromatic N) is 1. The largest absolute Gasteiger partial charge is 0.484 e. The number of carbonyl (C=O) groups is 1. The van der Waals surface area contributed by atoms with Crippen molar-refractivity contribution in [1.82, 2.24) is 4.90 Å². The van der Waals surface area contributed by atoms with Gasteiger partial charge < -0.3 is 9.64 Å². The third-order valence-electron chi connectivity index (χ3n) is 3.53. The van der Waals surface area contributed by atoms with E-state index < -0.39 is 0 Å². The summed E-state index contributed by atoms with van der Waals surface area (Å²) < 4.78 is 5.52. The van der Waals surface area contributed by atoms with Gasteiger partial charge in [-0.25, -0.2) is 0 Å². The molecule has 0 saturated heterocycles. The van der Waals surface area contributed by atoms with Crippen LogP contribution >= 0.6 is 23.2 Å². The summed E-state index contributed by atoms with van der Waals surface area (Å²) in [4.78, 5) is 14.2. The van der Waals surface area contributed by atoms with E-state index in [1.54, 1.807) is 24.3 Å². The number of benzene rings is 1. The first-order valence-corrected chi connectivity index (χ1v) is 7.86. The molecular formula is C15H19Cl2NO2. The van der Waals surface area contributed by atoms with Crippen molar-refractivity contribution in [2.45, 2.75) is 31.7 Å². The first kappa shape index (κ1) is 15.5. The van der Waals surface area contributed by atoms with Crippen LogP contribution in [0.25, 0.3) is 0 Å². The molecule has 20 heavy (non-hydrogen) atoms. The van der Waals surface area contributed by atoms with Crippen LogP contribution in [-0.4, -0.2) is 35.9 Å². The lowest BCUT2D eigenvalue weighted by atomic mass is 9.91. The van der Waals surface area contributed by atoms with E-state index >= 15 is 0 Å². The predicted molar refractivity (Wildman–Crippen MR) is 81.6 cm³/mol. The van der Waals surface area contributed by atoms with Crippen molar-refractivity contribution in [2.75, 3.05) is 19.0 Å². The highest BCUT2D eigenvalue weighted by Gasteiger charge is 2.28. The van der Waals surface area contributed by atoms with E-state index in [0.29, 0.717) is 29.2 Å². The number of rotatable bonds is 7. The molecule has 1 aromatic carbocycles. The summed E-state index contributed by atoms with van der Waals surface area (Å²) >= 11 is 11.6. The maximum atomic E-state index is 12.3. The van der Waals surface area contributed by atoms with Crippen LogP contribution in [-0.2, 0) is 4.79 Å². The summed E-state index contributed by atoms with van der Waals surface area (Å²) in [5.41, 5.74) is 0. The van der Waals surface area contributed by atoms with Gasteiger partial charge in [-0.1, -0.05) is 17.7 Å². The summed E-state index contributed by atoms with van der Waals surface area (Å²) in [7, 11) is 0. The summed E-state index contributed by atoms with van der Waals surface area (Å²) in [6.07, 6.45) is 4.20. The van der Waals surface area contributed by atoms with Crippen molar-refractivity contribution in [3.05, 3.63) is 29.3 Å². The minimum atomic E-state index is 0.0276. The van der Waals surface area contributed by atoms with Crippen molar-refractivity contribution in [3.63, 3.8) is 0 Å². The molecule has 5 heteroatoms. The van der Waals surface area contributed by atoms with Crippen LogP contribution < -0.4 is 4.74 Å². The second-order valence-corrected chi connectivity index (χ2v) is 5.77. The van der Waals surface area contributed by atoms with E-state index in [2.05, 4.69) is 0 Å². The van der Waals surface area contributed by atoms with Crippen LogP contribution in [0.15, 0.2) is 24.3 Å². The number of alkyl halides is 1.